The first-order valence-corrected chi connectivity index (χ1v) is 6.77. The van der Waals surface area contributed by atoms with E-state index < -0.39 is 0 Å². The van der Waals surface area contributed by atoms with E-state index in [9.17, 15) is 5.11 Å². The minimum atomic E-state index is -0.0655. The average molecular weight is 290 g/mol. The molecule has 2 aromatic rings. The number of hydrogen-bond acceptors (Lipinski definition) is 5. The summed E-state index contributed by atoms with van der Waals surface area (Å²) in [4.78, 5) is 0. The van der Waals surface area contributed by atoms with Crippen molar-refractivity contribution in [1.82, 2.24) is 14.9 Å². The summed E-state index contributed by atoms with van der Waals surface area (Å²) in [5, 5.41) is 20.7. The van der Waals surface area contributed by atoms with Gasteiger partial charge in [0.15, 0.2) is 5.82 Å². The van der Waals surface area contributed by atoms with Gasteiger partial charge in [0.2, 0.25) is 4.77 Å². The molecule has 1 saturated heterocycles. The van der Waals surface area contributed by atoms with Gasteiger partial charge in [0.05, 0.1) is 6.21 Å². The van der Waals surface area contributed by atoms with Crippen molar-refractivity contribution in [3.05, 3.63) is 40.4 Å². The number of H-pyrrole nitrogens is 1. The molecule has 0 bridgehead atoms. The topological polar surface area (TPSA) is 75.4 Å². The van der Waals surface area contributed by atoms with Crippen LogP contribution in [-0.4, -0.2) is 32.8 Å². The number of aromatic hydroxyl groups is 1. The Balaban J connectivity index is 1.90. The third kappa shape index (κ3) is 2.63. The van der Waals surface area contributed by atoms with Crippen molar-refractivity contribution in [3.8, 4) is 5.75 Å². The molecule has 0 amide bonds. The lowest BCUT2D eigenvalue weighted by Crippen LogP contribution is -2.05. The van der Waals surface area contributed by atoms with E-state index >= 15 is 0 Å². The smallest absolute Gasteiger partial charge is 0.216 e. The summed E-state index contributed by atoms with van der Waals surface area (Å²) in [7, 11) is 0. The molecule has 6 nitrogen and oxygen atoms in total. The first-order chi connectivity index (χ1) is 9.74. The van der Waals surface area contributed by atoms with Crippen molar-refractivity contribution in [2.24, 2.45) is 5.10 Å². The van der Waals surface area contributed by atoms with Gasteiger partial charge in [-0.15, -0.1) is 0 Å². The lowest BCUT2D eigenvalue weighted by molar-refractivity contribution is 0.102. The van der Waals surface area contributed by atoms with Gasteiger partial charge in [-0.1, -0.05) is 12.1 Å². The fourth-order valence-corrected chi connectivity index (χ4v) is 2.32. The number of ether oxygens (including phenoxy) is 1. The van der Waals surface area contributed by atoms with E-state index in [2.05, 4.69) is 15.3 Å². The van der Waals surface area contributed by atoms with Gasteiger partial charge in [-0.2, -0.15) is 14.9 Å². The third-order valence-corrected chi connectivity index (χ3v) is 3.35. The minimum Gasteiger partial charge on any atom is -0.508 e. The second kappa shape index (κ2) is 5.56. The van der Waals surface area contributed by atoms with Gasteiger partial charge in [0.1, 0.15) is 11.9 Å². The Morgan fingerprint density at radius 3 is 3.20 bits per heavy atom. The Morgan fingerprint density at radius 1 is 1.55 bits per heavy atom. The van der Waals surface area contributed by atoms with Gasteiger partial charge in [-0.05, 0) is 42.8 Å². The summed E-state index contributed by atoms with van der Waals surface area (Å²) in [5.41, 5.74) is 0.784. The standard InChI is InChI=1S/C13H14N4O2S/c18-10-4-1-3-9(7-10)8-14-17-12(15-16-13(17)20)11-5-2-6-19-11/h1,3-4,7-8,11,18H,2,5-6H2,(H,16,20)/b14-8-/t11-/m1/s1. The molecule has 2 N–H and O–H groups in total. The van der Waals surface area contributed by atoms with Crippen LogP contribution in [-0.2, 0) is 4.74 Å². The van der Waals surface area contributed by atoms with Crippen LogP contribution in [0.4, 0.5) is 0 Å². The highest BCUT2D eigenvalue weighted by Gasteiger charge is 2.23. The fraction of sp³-hybridized carbons (Fsp3) is 0.308. The Hall–Kier alpha value is -1.99. The van der Waals surface area contributed by atoms with Crippen LogP contribution in [0.15, 0.2) is 29.4 Å². The SMILES string of the molecule is Oc1cccc(/C=N\n2c([C@H]3CCCO3)n[nH]c2=S)c1. The minimum absolute atomic E-state index is 0.0655. The molecule has 1 atom stereocenters. The predicted molar refractivity (Wildman–Crippen MR) is 76.4 cm³/mol. The fourth-order valence-electron chi connectivity index (χ4n) is 2.13. The molecule has 0 unspecified atom stereocenters. The molecule has 3 rings (SSSR count). The van der Waals surface area contributed by atoms with E-state index in [0.717, 1.165) is 25.0 Å². The molecular formula is C13H14N4O2S. The van der Waals surface area contributed by atoms with Crippen LogP contribution in [0.1, 0.15) is 30.3 Å². The van der Waals surface area contributed by atoms with Crippen LogP contribution in [0, 0.1) is 4.77 Å². The molecule has 104 valence electrons. The Bertz CT molecular complexity index is 686. The van der Waals surface area contributed by atoms with Crippen LogP contribution in [0.5, 0.6) is 5.75 Å². The predicted octanol–water partition coefficient (Wildman–Crippen LogP) is 2.38. The second-order valence-corrected chi connectivity index (χ2v) is 4.93. The number of aromatic nitrogens is 3. The van der Waals surface area contributed by atoms with E-state index in [4.69, 9.17) is 17.0 Å². The lowest BCUT2D eigenvalue weighted by atomic mass is 10.2. The molecule has 7 heteroatoms. The maximum Gasteiger partial charge on any atom is 0.216 e. The number of phenolic OH excluding ortho intramolecular Hbond substituents is 1. The van der Waals surface area contributed by atoms with E-state index in [1.807, 2.05) is 6.07 Å². The van der Waals surface area contributed by atoms with E-state index in [1.54, 1.807) is 29.1 Å². The monoisotopic (exact) mass is 290 g/mol. The van der Waals surface area contributed by atoms with Gasteiger partial charge in [-0.3, -0.25) is 5.10 Å². The first kappa shape index (κ1) is 13.0. The lowest BCUT2D eigenvalue weighted by Gasteiger charge is -2.07. The zero-order valence-corrected chi connectivity index (χ0v) is 11.5. The summed E-state index contributed by atoms with van der Waals surface area (Å²) in [6.45, 7) is 0.737. The quantitative estimate of drug-likeness (QED) is 0.672. The Kier molecular flexibility index (Phi) is 3.62. The Morgan fingerprint density at radius 2 is 2.45 bits per heavy atom. The summed E-state index contributed by atoms with van der Waals surface area (Å²) in [6, 6.07) is 6.84. The number of aromatic amines is 1. The van der Waals surface area contributed by atoms with Crippen molar-refractivity contribution in [3.63, 3.8) is 0 Å². The highest BCUT2D eigenvalue weighted by Crippen LogP contribution is 2.26. The molecule has 0 spiro atoms. The van der Waals surface area contributed by atoms with Crippen molar-refractivity contribution in [2.75, 3.05) is 6.61 Å². The zero-order chi connectivity index (χ0) is 13.9. The van der Waals surface area contributed by atoms with Crippen molar-refractivity contribution in [1.29, 1.82) is 0 Å². The number of nitrogens with zero attached hydrogens (tertiary/aromatic N) is 3. The summed E-state index contributed by atoms with van der Waals surface area (Å²) < 4.78 is 7.59. The molecule has 1 aliphatic heterocycles. The van der Waals surface area contributed by atoms with Crippen molar-refractivity contribution < 1.29 is 9.84 Å². The van der Waals surface area contributed by atoms with Gasteiger partial charge >= 0.3 is 0 Å². The van der Waals surface area contributed by atoms with Crippen LogP contribution >= 0.6 is 12.2 Å². The normalized spacial score (nSPS) is 18.9. The van der Waals surface area contributed by atoms with Gasteiger partial charge in [0, 0.05) is 6.61 Å². The van der Waals surface area contributed by atoms with Crippen molar-refractivity contribution >= 4 is 18.4 Å². The number of rotatable bonds is 3. The third-order valence-electron chi connectivity index (χ3n) is 3.09. The molecule has 2 heterocycles. The molecule has 1 aromatic carbocycles. The number of phenols is 1. The second-order valence-electron chi connectivity index (χ2n) is 4.54. The highest BCUT2D eigenvalue weighted by atomic mass is 32.1. The van der Waals surface area contributed by atoms with Crippen LogP contribution in [0.2, 0.25) is 0 Å². The van der Waals surface area contributed by atoms with Crippen LogP contribution < -0.4 is 0 Å². The molecule has 1 fully saturated rings. The molecule has 1 aromatic heterocycles. The largest absolute Gasteiger partial charge is 0.508 e. The van der Waals surface area contributed by atoms with Gasteiger partial charge in [-0.25, -0.2) is 0 Å². The van der Waals surface area contributed by atoms with E-state index in [0.29, 0.717) is 10.6 Å². The van der Waals surface area contributed by atoms with Gasteiger partial charge in [0.25, 0.3) is 0 Å². The zero-order valence-electron chi connectivity index (χ0n) is 10.7. The molecule has 1 aliphatic rings. The summed E-state index contributed by atoms with van der Waals surface area (Å²) in [6.07, 6.45) is 3.50. The number of benzene rings is 1. The molecular weight excluding hydrogens is 276 g/mol. The number of nitrogens with one attached hydrogen (secondary N) is 1. The maximum absolute atomic E-state index is 9.42. The molecule has 20 heavy (non-hydrogen) atoms. The molecule has 0 radical (unpaired) electrons. The molecule has 0 saturated carbocycles. The Labute approximate surface area is 120 Å². The summed E-state index contributed by atoms with van der Waals surface area (Å²) in [5.74, 6) is 0.882. The number of hydrogen-bond donors (Lipinski definition) is 2. The van der Waals surface area contributed by atoms with Gasteiger partial charge < -0.3 is 9.84 Å². The summed E-state index contributed by atoms with van der Waals surface area (Å²) >= 11 is 5.18. The maximum atomic E-state index is 9.42. The van der Waals surface area contributed by atoms with Crippen molar-refractivity contribution in [2.45, 2.75) is 18.9 Å². The highest BCUT2D eigenvalue weighted by molar-refractivity contribution is 7.71. The average Bonchev–Trinajstić information content (AvgIpc) is 3.06. The van der Waals surface area contributed by atoms with E-state index in [-0.39, 0.29) is 11.9 Å². The first-order valence-electron chi connectivity index (χ1n) is 6.36. The van der Waals surface area contributed by atoms with Crippen LogP contribution in [0.3, 0.4) is 0 Å². The van der Waals surface area contributed by atoms with Crippen LogP contribution in [0.25, 0.3) is 0 Å². The molecule has 0 aliphatic carbocycles. The van der Waals surface area contributed by atoms with E-state index in [1.165, 1.54) is 0 Å².